The van der Waals surface area contributed by atoms with Gasteiger partial charge in [-0.1, -0.05) is 0 Å². The summed E-state index contributed by atoms with van der Waals surface area (Å²) in [6, 6.07) is 19.8. The van der Waals surface area contributed by atoms with Gasteiger partial charge < -0.3 is 0 Å². The molecule has 3 rings (SSSR count). The molecule has 20 heavy (non-hydrogen) atoms. The second kappa shape index (κ2) is 5.24. The van der Waals surface area contributed by atoms with E-state index in [4.69, 9.17) is 0 Å². The SMILES string of the molecule is CC(C)(C)C1=CC(c2ccccc2)c2ccccc2[Se]1. The molecule has 0 aliphatic carbocycles. The molecule has 2 aromatic carbocycles. The van der Waals surface area contributed by atoms with Crippen molar-refractivity contribution in [1.82, 2.24) is 0 Å². The average Bonchev–Trinajstić information content (AvgIpc) is 2.46. The van der Waals surface area contributed by atoms with Gasteiger partial charge in [0.25, 0.3) is 0 Å². The Morgan fingerprint density at radius 1 is 0.850 bits per heavy atom. The Balaban J connectivity index is 2.13. The summed E-state index contributed by atoms with van der Waals surface area (Å²) in [5.74, 6) is 0.414. The van der Waals surface area contributed by atoms with Crippen molar-refractivity contribution in [3.8, 4) is 0 Å². The van der Waals surface area contributed by atoms with E-state index in [1.165, 1.54) is 11.1 Å². The van der Waals surface area contributed by atoms with Crippen molar-refractivity contribution < 1.29 is 0 Å². The van der Waals surface area contributed by atoms with E-state index in [0.717, 1.165) is 0 Å². The molecule has 1 aliphatic rings. The molecule has 0 nitrogen and oxygen atoms in total. The molecule has 1 aliphatic heterocycles. The van der Waals surface area contributed by atoms with Crippen LogP contribution >= 0.6 is 0 Å². The summed E-state index contributed by atoms with van der Waals surface area (Å²) in [7, 11) is 0. The maximum absolute atomic E-state index is 2.51. The molecule has 102 valence electrons. The van der Waals surface area contributed by atoms with Gasteiger partial charge in [-0.3, -0.25) is 0 Å². The molecular formula is C19H20Se. The van der Waals surface area contributed by atoms with E-state index in [0.29, 0.717) is 20.9 Å². The van der Waals surface area contributed by atoms with Gasteiger partial charge in [-0.15, -0.1) is 0 Å². The average molecular weight is 327 g/mol. The third kappa shape index (κ3) is 2.61. The van der Waals surface area contributed by atoms with Gasteiger partial charge in [0.05, 0.1) is 0 Å². The molecule has 2 aromatic rings. The Morgan fingerprint density at radius 3 is 2.20 bits per heavy atom. The molecular weight excluding hydrogens is 307 g/mol. The van der Waals surface area contributed by atoms with E-state index >= 15 is 0 Å². The Bertz CT molecular complexity index is 632. The molecule has 0 radical (unpaired) electrons. The molecule has 0 spiro atoms. The molecule has 0 bridgehead atoms. The van der Waals surface area contributed by atoms with E-state index < -0.39 is 0 Å². The van der Waals surface area contributed by atoms with E-state index in [2.05, 4.69) is 81.4 Å². The van der Waals surface area contributed by atoms with Crippen molar-refractivity contribution in [2.75, 3.05) is 0 Å². The summed E-state index contributed by atoms with van der Waals surface area (Å²) in [6.07, 6.45) is 2.51. The van der Waals surface area contributed by atoms with Crippen molar-refractivity contribution in [3.05, 3.63) is 76.3 Å². The molecule has 0 saturated heterocycles. The first kappa shape index (κ1) is 13.7. The molecule has 0 N–H and O–H groups in total. The summed E-state index contributed by atoms with van der Waals surface area (Å²) in [5, 5.41) is 0. The molecule has 1 atom stereocenters. The maximum atomic E-state index is 2.51. The zero-order chi connectivity index (χ0) is 14.2. The molecule has 0 saturated carbocycles. The van der Waals surface area contributed by atoms with Gasteiger partial charge in [0.1, 0.15) is 0 Å². The quantitative estimate of drug-likeness (QED) is 0.692. The summed E-state index contributed by atoms with van der Waals surface area (Å²) in [5.41, 5.74) is 3.16. The van der Waals surface area contributed by atoms with Crippen LogP contribution in [-0.4, -0.2) is 15.0 Å². The second-order valence-electron chi connectivity index (χ2n) is 6.31. The number of benzene rings is 2. The van der Waals surface area contributed by atoms with Crippen molar-refractivity contribution in [2.45, 2.75) is 26.7 Å². The fourth-order valence-corrected chi connectivity index (χ4v) is 5.10. The van der Waals surface area contributed by atoms with Gasteiger partial charge >= 0.3 is 128 Å². The minimum atomic E-state index is 0.264. The van der Waals surface area contributed by atoms with Gasteiger partial charge in [0.15, 0.2) is 0 Å². The first-order valence-corrected chi connectivity index (χ1v) is 8.81. The first-order chi connectivity index (χ1) is 9.55. The summed E-state index contributed by atoms with van der Waals surface area (Å²) >= 11 is 0.458. The molecule has 0 amide bonds. The Morgan fingerprint density at radius 2 is 1.50 bits per heavy atom. The number of rotatable bonds is 1. The van der Waals surface area contributed by atoms with Crippen LogP contribution in [0.25, 0.3) is 0 Å². The monoisotopic (exact) mass is 328 g/mol. The van der Waals surface area contributed by atoms with Crippen LogP contribution in [0.3, 0.4) is 0 Å². The Kier molecular flexibility index (Phi) is 3.58. The van der Waals surface area contributed by atoms with Gasteiger partial charge in [0.2, 0.25) is 0 Å². The van der Waals surface area contributed by atoms with Crippen molar-refractivity contribution >= 4 is 19.4 Å². The van der Waals surface area contributed by atoms with Gasteiger partial charge in [0, 0.05) is 0 Å². The second-order valence-corrected chi connectivity index (χ2v) is 8.58. The first-order valence-electron chi connectivity index (χ1n) is 7.10. The summed E-state index contributed by atoms with van der Waals surface area (Å²) in [6.45, 7) is 6.99. The van der Waals surface area contributed by atoms with Crippen LogP contribution in [0.15, 0.2) is 65.1 Å². The van der Waals surface area contributed by atoms with E-state index in [-0.39, 0.29) is 5.41 Å². The van der Waals surface area contributed by atoms with E-state index in [9.17, 15) is 0 Å². The number of fused-ring (bicyclic) bond motifs is 1. The predicted molar refractivity (Wildman–Crippen MR) is 87.7 cm³/mol. The third-order valence-electron chi connectivity index (χ3n) is 3.69. The topological polar surface area (TPSA) is 0 Å². The molecule has 1 heterocycles. The fourth-order valence-electron chi connectivity index (χ4n) is 2.56. The van der Waals surface area contributed by atoms with Gasteiger partial charge in [-0.2, -0.15) is 0 Å². The van der Waals surface area contributed by atoms with Crippen molar-refractivity contribution in [3.63, 3.8) is 0 Å². The summed E-state index contributed by atoms with van der Waals surface area (Å²) < 4.78 is 3.15. The summed E-state index contributed by atoms with van der Waals surface area (Å²) in [4.78, 5) is 0. The van der Waals surface area contributed by atoms with Crippen LogP contribution in [-0.2, 0) is 0 Å². The van der Waals surface area contributed by atoms with Crippen LogP contribution in [0.5, 0.6) is 0 Å². The van der Waals surface area contributed by atoms with Crippen LogP contribution in [0.1, 0.15) is 37.8 Å². The van der Waals surface area contributed by atoms with Crippen molar-refractivity contribution in [1.29, 1.82) is 0 Å². The van der Waals surface area contributed by atoms with E-state index in [1.54, 1.807) is 8.93 Å². The minimum absolute atomic E-state index is 0.264. The van der Waals surface area contributed by atoms with Crippen LogP contribution < -0.4 is 4.46 Å². The molecule has 0 fully saturated rings. The molecule has 0 aromatic heterocycles. The standard InChI is InChI=1S/C19H20Se/c1-19(2,3)18-13-16(14-9-5-4-6-10-14)15-11-7-8-12-17(15)20-18/h4-13,16H,1-3H3. The van der Waals surface area contributed by atoms with Crippen LogP contribution in [0.2, 0.25) is 0 Å². The van der Waals surface area contributed by atoms with Gasteiger partial charge in [-0.05, 0) is 0 Å². The van der Waals surface area contributed by atoms with Crippen LogP contribution in [0, 0.1) is 5.41 Å². The Labute approximate surface area is 128 Å². The molecule has 1 heteroatoms. The normalized spacial score (nSPS) is 18.4. The molecule has 1 unspecified atom stereocenters. The Hall–Kier alpha value is -1.30. The third-order valence-corrected chi connectivity index (χ3v) is 6.96. The fraction of sp³-hybridized carbons (Fsp3) is 0.263. The van der Waals surface area contributed by atoms with E-state index in [1.807, 2.05) is 0 Å². The number of hydrogen-bond donors (Lipinski definition) is 0. The predicted octanol–water partition coefficient (Wildman–Crippen LogP) is 4.09. The zero-order valence-corrected chi connectivity index (χ0v) is 14.0. The van der Waals surface area contributed by atoms with Crippen LogP contribution in [0.4, 0.5) is 0 Å². The van der Waals surface area contributed by atoms with Crippen molar-refractivity contribution in [2.24, 2.45) is 5.41 Å². The number of hydrogen-bond acceptors (Lipinski definition) is 0. The number of allylic oxidation sites excluding steroid dienone is 2. The van der Waals surface area contributed by atoms with Gasteiger partial charge in [-0.25, -0.2) is 0 Å². The zero-order valence-electron chi connectivity index (χ0n) is 12.3.